The standard InChI is InChI=1S/C15H28OS/c1-12-5-4-8-15(9-12)17-11-14(16)10-13-6-2-3-7-13/h12-16H,2-11H2,1H3. The van der Waals surface area contributed by atoms with Crippen LogP contribution in [0.1, 0.15) is 64.7 Å². The van der Waals surface area contributed by atoms with Gasteiger partial charge in [0, 0.05) is 11.0 Å². The molecule has 0 spiro atoms. The number of rotatable bonds is 5. The fourth-order valence-corrected chi connectivity index (χ4v) is 4.90. The van der Waals surface area contributed by atoms with Crippen LogP contribution in [0.15, 0.2) is 0 Å². The largest absolute Gasteiger partial charge is 0.392 e. The van der Waals surface area contributed by atoms with Crippen LogP contribution in [0.5, 0.6) is 0 Å². The summed E-state index contributed by atoms with van der Waals surface area (Å²) in [7, 11) is 0. The second-order valence-corrected chi connectivity index (χ2v) is 7.60. The summed E-state index contributed by atoms with van der Waals surface area (Å²) in [5, 5.41) is 10.9. The van der Waals surface area contributed by atoms with E-state index in [1.165, 1.54) is 51.4 Å². The molecule has 0 radical (unpaired) electrons. The van der Waals surface area contributed by atoms with E-state index in [9.17, 15) is 5.11 Å². The second kappa shape index (κ2) is 7.04. The van der Waals surface area contributed by atoms with E-state index in [0.717, 1.165) is 29.3 Å². The van der Waals surface area contributed by atoms with Crippen LogP contribution in [0.25, 0.3) is 0 Å². The summed E-state index contributed by atoms with van der Waals surface area (Å²) in [5.41, 5.74) is 0. The average molecular weight is 256 g/mol. The number of hydrogen-bond donors (Lipinski definition) is 1. The molecule has 0 bridgehead atoms. The van der Waals surface area contributed by atoms with Crippen LogP contribution >= 0.6 is 11.8 Å². The van der Waals surface area contributed by atoms with Gasteiger partial charge < -0.3 is 5.11 Å². The number of thioether (sulfide) groups is 1. The van der Waals surface area contributed by atoms with Gasteiger partial charge >= 0.3 is 0 Å². The Hall–Kier alpha value is 0.310. The van der Waals surface area contributed by atoms with Gasteiger partial charge in [0.15, 0.2) is 0 Å². The molecule has 2 aliphatic carbocycles. The molecule has 1 nitrogen and oxygen atoms in total. The summed E-state index contributed by atoms with van der Waals surface area (Å²) < 4.78 is 0. The summed E-state index contributed by atoms with van der Waals surface area (Å²) in [5.74, 6) is 2.72. The van der Waals surface area contributed by atoms with Gasteiger partial charge in [0.1, 0.15) is 0 Å². The molecular weight excluding hydrogens is 228 g/mol. The summed E-state index contributed by atoms with van der Waals surface area (Å²) in [6.07, 6.45) is 12.1. The maximum absolute atomic E-state index is 10.1. The number of aliphatic hydroxyl groups excluding tert-OH is 1. The topological polar surface area (TPSA) is 20.2 Å². The van der Waals surface area contributed by atoms with Gasteiger partial charge in [-0.1, -0.05) is 45.4 Å². The zero-order chi connectivity index (χ0) is 12.1. The normalized spacial score (nSPS) is 32.8. The van der Waals surface area contributed by atoms with E-state index in [0.29, 0.717) is 0 Å². The molecule has 2 heteroatoms. The molecule has 3 atom stereocenters. The highest BCUT2D eigenvalue weighted by Gasteiger charge is 2.22. The van der Waals surface area contributed by atoms with Crippen molar-refractivity contribution in [3.8, 4) is 0 Å². The molecule has 0 aromatic carbocycles. The Kier molecular flexibility index (Phi) is 5.68. The van der Waals surface area contributed by atoms with Crippen molar-refractivity contribution in [2.45, 2.75) is 76.1 Å². The smallest absolute Gasteiger partial charge is 0.0633 e. The summed E-state index contributed by atoms with van der Waals surface area (Å²) in [6.45, 7) is 2.38. The Bertz CT molecular complexity index is 213. The van der Waals surface area contributed by atoms with Crippen LogP contribution in [-0.2, 0) is 0 Å². The molecule has 2 aliphatic rings. The van der Waals surface area contributed by atoms with E-state index in [-0.39, 0.29) is 6.10 Å². The summed E-state index contributed by atoms with van der Waals surface area (Å²) in [4.78, 5) is 0. The Morgan fingerprint density at radius 2 is 1.88 bits per heavy atom. The summed E-state index contributed by atoms with van der Waals surface area (Å²) >= 11 is 2.04. The molecule has 0 amide bonds. The third-order valence-electron chi connectivity index (χ3n) is 4.49. The third kappa shape index (κ3) is 4.82. The van der Waals surface area contributed by atoms with Crippen LogP contribution < -0.4 is 0 Å². The fraction of sp³-hybridized carbons (Fsp3) is 1.00. The van der Waals surface area contributed by atoms with E-state index in [4.69, 9.17) is 0 Å². The Labute approximate surface area is 111 Å². The van der Waals surface area contributed by atoms with Gasteiger partial charge in [-0.2, -0.15) is 11.8 Å². The molecule has 2 fully saturated rings. The minimum Gasteiger partial charge on any atom is -0.392 e. The molecule has 100 valence electrons. The Morgan fingerprint density at radius 3 is 2.59 bits per heavy atom. The average Bonchev–Trinajstić information content (AvgIpc) is 2.79. The van der Waals surface area contributed by atoms with Crippen molar-refractivity contribution >= 4 is 11.8 Å². The zero-order valence-electron chi connectivity index (χ0n) is 11.2. The highest BCUT2D eigenvalue weighted by Crippen LogP contribution is 2.34. The predicted octanol–water partition coefficient (Wildman–Crippen LogP) is 4.24. The Balaban J connectivity index is 1.59. The first-order valence-corrected chi connectivity index (χ1v) is 8.58. The van der Waals surface area contributed by atoms with Gasteiger partial charge in [-0.15, -0.1) is 0 Å². The minimum atomic E-state index is -0.0414. The summed E-state index contributed by atoms with van der Waals surface area (Å²) in [6, 6.07) is 0. The van der Waals surface area contributed by atoms with E-state index in [2.05, 4.69) is 6.92 Å². The van der Waals surface area contributed by atoms with Crippen LogP contribution in [-0.4, -0.2) is 22.2 Å². The number of hydrogen-bond acceptors (Lipinski definition) is 2. The molecule has 0 heterocycles. The highest BCUT2D eigenvalue weighted by molar-refractivity contribution is 7.99. The van der Waals surface area contributed by atoms with Crippen LogP contribution in [0.3, 0.4) is 0 Å². The minimum absolute atomic E-state index is 0.0414. The number of aliphatic hydroxyl groups is 1. The van der Waals surface area contributed by atoms with Crippen molar-refractivity contribution in [2.24, 2.45) is 11.8 Å². The Morgan fingerprint density at radius 1 is 1.12 bits per heavy atom. The molecule has 2 saturated carbocycles. The molecule has 0 aromatic rings. The molecule has 2 rings (SSSR count). The van der Waals surface area contributed by atoms with Gasteiger partial charge in [0.25, 0.3) is 0 Å². The molecular formula is C15H28OS. The SMILES string of the molecule is CC1CCCC(SCC(O)CC2CCCC2)C1. The van der Waals surface area contributed by atoms with Crippen molar-refractivity contribution in [1.82, 2.24) is 0 Å². The lowest BCUT2D eigenvalue weighted by Gasteiger charge is -2.27. The van der Waals surface area contributed by atoms with Crippen molar-refractivity contribution < 1.29 is 5.11 Å². The van der Waals surface area contributed by atoms with Gasteiger partial charge in [-0.3, -0.25) is 0 Å². The van der Waals surface area contributed by atoms with Gasteiger partial charge in [-0.05, 0) is 31.1 Å². The van der Waals surface area contributed by atoms with E-state index >= 15 is 0 Å². The van der Waals surface area contributed by atoms with Crippen LogP contribution in [0.4, 0.5) is 0 Å². The van der Waals surface area contributed by atoms with Crippen molar-refractivity contribution in [1.29, 1.82) is 0 Å². The van der Waals surface area contributed by atoms with E-state index in [1.807, 2.05) is 11.8 Å². The van der Waals surface area contributed by atoms with Crippen molar-refractivity contribution in [2.75, 3.05) is 5.75 Å². The fourth-order valence-electron chi connectivity index (χ4n) is 3.48. The lowest BCUT2D eigenvalue weighted by atomic mass is 9.91. The maximum Gasteiger partial charge on any atom is 0.0633 e. The lowest BCUT2D eigenvalue weighted by Crippen LogP contribution is -2.20. The van der Waals surface area contributed by atoms with Crippen LogP contribution in [0.2, 0.25) is 0 Å². The highest BCUT2D eigenvalue weighted by atomic mass is 32.2. The van der Waals surface area contributed by atoms with Gasteiger partial charge in [-0.25, -0.2) is 0 Å². The molecule has 17 heavy (non-hydrogen) atoms. The second-order valence-electron chi connectivity index (χ2n) is 6.27. The third-order valence-corrected chi connectivity index (χ3v) is 5.97. The van der Waals surface area contributed by atoms with Crippen molar-refractivity contribution in [3.63, 3.8) is 0 Å². The quantitative estimate of drug-likeness (QED) is 0.794. The maximum atomic E-state index is 10.1. The van der Waals surface area contributed by atoms with Gasteiger partial charge in [0.05, 0.1) is 6.10 Å². The van der Waals surface area contributed by atoms with Crippen molar-refractivity contribution in [3.05, 3.63) is 0 Å². The molecule has 0 saturated heterocycles. The molecule has 3 unspecified atom stereocenters. The first-order chi connectivity index (χ1) is 8.24. The zero-order valence-corrected chi connectivity index (χ0v) is 12.1. The van der Waals surface area contributed by atoms with E-state index < -0.39 is 0 Å². The monoisotopic (exact) mass is 256 g/mol. The molecule has 0 aromatic heterocycles. The van der Waals surface area contributed by atoms with Crippen LogP contribution in [0, 0.1) is 11.8 Å². The first kappa shape index (κ1) is 13.7. The predicted molar refractivity (Wildman–Crippen MR) is 76.5 cm³/mol. The molecule has 1 N–H and O–H groups in total. The first-order valence-electron chi connectivity index (χ1n) is 7.53. The van der Waals surface area contributed by atoms with Gasteiger partial charge in [0.2, 0.25) is 0 Å². The van der Waals surface area contributed by atoms with E-state index in [1.54, 1.807) is 0 Å². The molecule has 0 aliphatic heterocycles. The lowest BCUT2D eigenvalue weighted by molar-refractivity contribution is 0.165.